The van der Waals surface area contributed by atoms with Gasteiger partial charge in [-0.3, -0.25) is 4.79 Å². The van der Waals surface area contributed by atoms with E-state index in [1.165, 1.54) is 16.5 Å². The Kier molecular flexibility index (Phi) is 2.25. The molecule has 1 heterocycles. The molecule has 2 aromatic rings. The Hall–Kier alpha value is -1.70. The zero-order valence-electron chi connectivity index (χ0n) is 10.2. The Labute approximate surface area is 101 Å². The van der Waals surface area contributed by atoms with Crippen LogP contribution in [0.25, 0.3) is 10.9 Å². The Morgan fingerprint density at radius 2 is 2.00 bits per heavy atom. The van der Waals surface area contributed by atoms with E-state index in [0.717, 1.165) is 29.6 Å². The highest BCUT2D eigenvalue weighted by atomic mass is 16.1. The molecule has 1 aromatic carbocycles. The molecule has 0 aliphatic heterocycles. The maximum Gasteiger partial charge on any atom is 0.181 e. The molecule has 0 atom stereocenters. The van der Waals surface area contributed by atoms with E-state index in [1.54, 1.807) is 0 Å². The normalized spacial score (nSPS) is 15.1. The average molecular weight is 225 g/mol. The van der Waals surface area contributed by atoms with E-state index >= 15 is 0 Å². The molecule has 0 amide bonds. The van der Waals surface area contributed by atoms with Crippen LogP contribution < -0.4 is 0 Å². The number of Topliss-reactive ketones (excluding diaryl/α,β-unsaturated/α-hetero) is 1. The largest absolute Gasteiger partial charge is 0.292 e. The van der Waals surface area contributed by atoms with Crippen LogP contribution in [0.1, 0.15) is 40.0 Å². The van der Waals surface area contributed by atoms with Crippen LogP contribution in [0.4, 0.5) is 0 Å². The minimum atomic E-state index is 0.208. The van der Waals surface area contributed by atoms with Crippen molar-refractivity contribution in [3.63, 3.8) is 0 Å². The standard InChI is InChI=1S/C15H15NO/c1-9-5-3-6-11-10(2)12-7-4-8-13(17)15(12)16-14(9)11/h3,5-6H,4,7-8H2,1-2H3. The minimum Gasteiger partial charge on any atom is -0.292 e. The van der Waals surface area contributed by atoms with Crippen LogP contribution in [-0.2, 0) is 6.42 Å². The predicted octanol–water partition coefficient (Wildman–Crippen LogP) is 3.37. The molecule has 1 aliphatic carbocycles. The third kappa shape index (κ3) is 1.47. The topological polar surface area (TPSA) is 30.0 Å². The monoisotopic (exact) mass is 225 g/mol. The van der Waals surface area contributed by atoms with Gasteiger partial charge in [-0.1, -0.05) is 18.2 Å². The molecule has 3 rings (SSSR count). The van der Waals surface area contributed by atoms with Crippen molar-refractivity contribution < 1.29 is 4.79 Å². The Morgan fingerprint density at radius 1 is 1.18 bits per heavy atom. The number of pyridine rings is 1. The first kappa shape index (κ1) is 10.5. The summed E-state index contributed by atoms with van der Waals surface area (Å²) in [6.07, 6.45) is 2.60. The molecule has 0 saturated heterocycles. The van der Waals surface area contributed by atoms with Gasteiger partial charge in [-0.05, 0) is 43.4 Å². The van der Waals surface area contributed by atoms with Crippen molar-refractivity contribution in [2.24, 2.45) is 0 Å². The highest BCUT2D eigenvalue weighted by molar-refractivity contribution is 6.00. The molecule has 0 unspecified atom stereocenters. The van der Waals surface area contributed by atoms with E-state index in [4.69, 9.17) is 0 Å². The minimum absolute atomic E-state index is 0.208. The number of aryl methyl sites for hydroxylation is 2. The summed E-state index contributed by atoms with van der Waals surface area (Å²) < 4.78 is 0. The summed E-state index contributed by atoms with van der Waals surface area (Å²) in [7, 11) is 0. The van der Waals surface area contributed by atoms with E-state index in [9.17, 15) is 4.79 Å². The van der Waals surface area contributed by atoms with Crippen LogP contribution in [-0.4, -0.2) is 10.8 Å². The van der Waals surface area contributed by atoms with Crippen molar-refractivity contribution in [1.82, 2.24) is 4.98 Å². The van der Waals surface area contributed by atoms with E-state index in [2.05, 4.69) is 37.0 Å². The van der Waals surface area contributed by atoms with E-state index in [1.807, 2.05) is 0 Å². The fourth-order valence-corrected chi connectivity index (χ4v) is 2.71. The Balaban J connectivity index is 2.43. The number of hydrogen-bond donors (Lipinski definition) is 0. The maximum absolute atomic E-state index is 11.9. The predicted molar refractivity (Wildman–Crippen MR) is 68.5 cm³/mol. The summed E-state index contributed by atoms with van der Waals surface area (Å²) in [6, 6.07) is 6.21. The van der Waals surface area contributed by atoms with Gasteiger partial charge < -0.3 is 0 Å². The number of carbonyl (C=O) groups excluding carboxylic acids is 1. The molecule has 2 heteroatoms. The summed E-state index contributed by atoms with van der Waals surface area (Å²) in [5, 5.41) is 1.19. The summed E-state index contributed by atoms with van der Waals surface area (Å²) >= 11 is 0. The van der Waals surface area contributed by atoms with Crippen LogP contribution in [0, 0.1) is 13.8 Å². The highest BCUT2D eigenvalue weighted by Gasteiger charge is 2.22. The lowest BCUT2D eigenvalue weighted by Crippen LogP contribution is -2.15. The Morgan fingerprint density at radius 3 is 2.82 bits per heavy atom. The lowest BCUT2D eigenvalue weighted by molar-refractivity contribution is 0.0967. The number of fused-ring (bicyclic) bond motifs is 2. The first-order valence-corrected chi connectivity index (χ1v) is 6.10. The number of aromatic nitrogens is 1. The van der Waals surface area contributed by atoms with Crippen molar-refractivity contribution >= 4 is 16.7 Å². The number of para-hydroxylation sites is 1. The molecule has 0 radical (unpaired) electrons. The molecule has 0 bridgehead atoms. The van der Waals surface area contributed by atoms with E-state index in [0.29, 0.717) is 6.42 Å². The SMILES string of the molecule is Cc1c2c(nc3c(C)cccc13)C(=O)CCC2. The first-order valence-electron chi connectivity index (χ1n) is 6.10. The number of ketones is 1. The summed E-state index contributed by atoms with van der Waals surface area (Å²) in [6.45, 7) is 4.16. The Bertz CT molecular complexity index is 628. The molecule has 0 spiro atoms. The lowest BCUT2D eigenvalue weighted by atomic mass is 9.89. The third-order valence-corrected chi connectivity index (χ3v) is 3.70. The van der Waals surface area contributed by atoms with Crippen molar-refractivity contribution in [3.05, 3.63) is 40.6 Å². The van der Waals surface area contributed by atoms with Crippen LogP contribution in [0.15, 0.2) is 18.2 Å². The lowest BCUT2D eigenvalue weighted by Gasteiger charge is -2.18. The quantitative estimate of drug-likeness (QED) is 0.688. The molecule has 1 aromatic heterocycles. The summed E-state index contributed by atoms with van der Waals surface area (Å²) in [5.74, 6) is 0.208. The molecule has 2 nitrogen and oxygen atoms in total. The van der Waals surface area contributed by atoms with Gasteiger partial charge >= 0.3 is 0 Å². The summed E-state index contributed by atoms with van der Waals surface area (Å²) in [5.41, 5.74) is 5.25. The first-order chi connectivity index (χ1) is 8.18. The second-order valence-electron chi connectivity index (χ2n) is 4.81. The third-order valence-electron chi connectivity index (χ3n) is 3.70. The van der Waals surface area contributed by atoms with E-state index < -0.39 is 0 Å². The number of carbonyl (C=O) groups is 1. The number of nitrogens with zero attached hydrogens (tertiary/aromatic N) is 1. The molecule has 0 fully saturated rings. The molecular weight excluding hydrogens is 210 g/mol. The summed E-state index contributed by atoms with van der Waals surface area (Å²) in [4.78, 5) is 16.5. The maximum atomic E-state index is 11.9. The second kappa shape index (κ2) is 3.66. The highest BCUT2D eigenvalue weighted by Crippen LogP contribution is 2.29. The molecule has 1 aliphatic rings. The van der Waals surface area contributed by atoms with Gasteiger partial charge in [0.05, 0.1) is 5.52 Å². The molecule has 0 saturated carbocycles. The van der Waals surface area contributed by atoms with Crippen LogP contribution in [0.3, 0.4) is 0 Å². The van der Waals surface area contributed by atoms with Gasteiger partial charge in [0.15, 0.2) is 5.78 Å². The number of benzene rings is 1. The zero-order valence-corrected chi connectivity index (χ0v) is 10.2. The van der Waals surface area contributed by atoms with Crippen molar-refractivity contribution in [2.75, 3.05) is 0 Å². The van der Waals surface area contributed by atoms with Crippen molar-refractivity contribution in [3.8, 4) is 0 Å². The average Bonchev–Trinajstić information content (AvgIpc) is 2.32. The second-order valence-corrected chi connectivity index (χ2v) is 4.81. The van der Waals surface area contributed by atoms with Gasteiger partial charge in [0.1, 0.15) is 5.69 Å². The van der Waals surface area contributed by atoms with Crippen molar-refractivity contribution in [1.29, 1.82) is 0 Å². The van der Waals surface area contributed by atoms with E-state index in [-0.39, 0.29) is 5.78 Å². The molecule has 86 valence electrons. The fourth-order valence-electron chi connectivity index (χ4n) is 2.71. The van der Waals surface area contributed by atoms with Crippen LogP contribution >= 0.6 is 0 Å². The van der Waals surface area contributed by atoms with Gasteiger partial charge in [-0.15, -0.1) is 0 Å². The molecule has 17 heavy (non-hydrogen) atoms. The van der Waals surface area contributed by atoms with Gasteiger partial charge in [-0.25, -0.2) is 4.98 Å². The van der Waals surface area contributed by atoms with Crippen molar-refractivity contribution in [2.45, 2.75) is 33.1 Å². The van der Waals surface area contributed by atoms with Crippen LogP contribution in [0.5, 0.6) is 0 Å². The van der Waals surface area contributed by atoms with Crippen LogP contribution in [0.2, 0.25) is 0 Å². The number of rotatable bonds is 0. The smallest absolute Gasteiger partial charge is 0.181 e. The zero-order chi connectivity index (χ0) is 12.0. The van der Waals surface area contributed by atoms with Gasteiger partial charge in [0.25, 0.3) is 0 Å². The molecular formula is C15H15NO. The van der Waals surface area contributed by atoms with Gasteiger partial charge in [-0.2, -0.15) is 0 Å². The molecule has 0 N–H and O–H groups in total. The van der Waals surface area contributed by atoms with Gasteiger partial charge in [0.2, 0.25) is 0 Å². The fraction of sp³-hybridized carbons (Fsp3) is 0.333. The van der Waals surface area contributed by atoms with Gasteiger partial charge in [0, 0.05) is 11.8 Å². The number of hydrogen-bond acceptors (Lipinski definition) is 2.